The van der Waals surface area contributed by atoms with Crippen molar-refractivity contribution >= 4 is 17.5 Å². The Morgan fingerprint density at radius 2 is 1.88 bits per heavy atom. The van der Waals surface area contributed by atoms with Gasteiger partial charge >= 0.3 is 0 Å². The van der Waals surface area contributed by atoms with E-state index in [0.29, 0.717) is 17.0 Å². The average Bonchev–Trinajstić information content (AvgIpc) is 2.53. The minimum atomic E-state index is 0.120. The van der Waals surface area contributed by atoms with Gasteiger partial charge in [0.05, 0.1) is 0 Å². The lowest BCUT2D eigenvalue weighted by Gasteiger charge is -2.55. The highest BCUT2D eigenvalue weighted by atomic mass is 35.5. The van der Waals surface area contributed by atoms with Gasteiger partial charge in [0.2, 0.25) is 0 Å². The predicted molar refractivity (Wildman–Crippen MR) is 103 cm³/mol. The number of hydrogen-bond acceptors (Lipinski definition) is 3. The molecule has 25 heavy (non-hydrogen) atoms. The number of fused-ring (bicyclic) bond motifs is 1. The van der Waals surface area contributed by atoms with Crippen LogP contribution in [-0.4, -0.2) is 71.5 Å². The highest BCUT2D eigenvalue weighted by Crippen LogP contribution is 2.29. The van der Waals surface area contributed by atoms with Crippen LogP contribution in [0.15, 0.2) is 24.3 Å². The molecule has 0 aliphatic carbocycles. The number of carbonyl (C=O) groups is 1. The van der Waals surface area contributed by atoms with Crippen molar-refractivity contribution in [3.63, 3.8) is 0 Å². The Morgan fingerprint density at radius 3 is 2.52 bits per heavy atom. The Balaban J connectivity index is 1.71. The molecule has 1 unspecified atom stereocenters. The van der Waals surface area contributed by atoms with Crippen LogP contribution in [0.4, 0.5) is 0 Å². The summed E-state index contributed by atoms with van der Waals surface area (Å²) in [6.07, 6.45) is 0. The maximum atomic E-state index is 12.9. The minimum absolute atomic E-state index is 0.120. The number of halogens is 1. The largest absolute Gasteiger partial charge is 0.336 e. The molecule has 1 aromatic carbocycles. The first-order valence-electron chi connectivity index (χ1n) is 9.30. The van der Waals surface area contributed by atoms with Crippen LogP contribution in [0, 0.1) is 5.92 Å². The van der Waals surface area contributed by atoms with Crippen LogP contribution in [0.5, 0.6) is 0 Å². The van der Waals surface area contributed by atoms with E-state index in [-0.39, 0.29) is 11.4 Å². The molecule has 2 fully saturated rings. The fraction of sp³-hybridized carbons (Fsp3) is 0.650. The van der Waals surface area contributed by atoms with Gasteiger partial charge in [0.25, 0.3) is 5.91 Å². The van der Waals surface area contributed by atoms with Crippen molar-refractivity contribution in [2.75, 3.05) is 39.3 Å². The third kappa shape index (κ3) is 4.18. The SMILES string of the molecule is CC(C)CN1CC2CN(C(=O)c3ccc(Cl)cc3)CCN2C(C)(C)C1. The topological polar surface area (TPSA) is 26.8 Å². The highest BCUT2D eigenvalue weighted by Gasteiger charge is 2.43. The van der Waals surface area contributed by atoms with Crippen LogP contribution in [0.25, 0.3) is 0 Å². The second-order valence-electron chi connectivity index (χ2n) is 8.51. The van der Waals surface area contributed by atoms with Gasteiger partial charge in [0, 0.05) is 61.4 Å². The summed E-state index contributed by atoms with van der Waals surface area (Å²) in [5, 5.41) is 0.666. The van der Waals surface area contributed by atoms with Crippen LogP contribution in [0.1, 0.15) is 38.1 Å². The Morgan fingerprint density at radius 1 is 1.20 bits per heavy atom. The lowest BCUT2D eigenvalue weighted by Crippen LogP contribution is -2.70. The molecule has 0 aromatic heterocycles. The molecule has 2 aliphatic heterocycles. The molecule has 3 rings (SSSR count). The molecule has 1 amide bonds. The number of hydrogen-bond donors (Lipinski definition) is 0. The van der Waals surface area contributed by atoms with Gasteiger partial charge in [-0.25, -0.2) is 0 Å². The monoisotopic (exact) mass is 363 g/mol. The fourth-order valence-electron chi connectivity index (χ4n) is 4.42. The lowest BCUT2D eigenvalue weighted by atomic mass is 9.92. The molecule has 4 nitrogen and oxygen atoms in total. The molecule has 2 heterocycles. The fourth-order valence-corrected chi connectivity index (χ4v) is 4.55. The van der Waals surface area contributed by atoms with Gasteiger partial charge in [-0.3, -0.25) is 14.6 Å². The smallest absolute Gasteiger partial charge is 0.253 e. The molecule has 138 valence electrons. The highest BCUT2D eigenvalue weighted by molar-refractivity contribution is 6.30. The number of nitrogens with zero attached hydrogens (tertiary/aromatic N) is 3. The molecule has 1 aromatic rings. The number of carbonyl (C=O) groups excluding carboxylic acids is 1. The van der Waals surface area contributed by atoms with Gasteiger partial charge in [0.1, 0.15) is 0 Å². The van der Waals surface area contributed by atoms with Crippen molar-refractivity contribution in [3.05, 3.63) is 34.9 Å². The zero-order chi connectivity index (χ0) is 18.2. The summed E-state index contributed by atoms with van der Waals surface area (Å²) in [6.45, 7) is 15.1. The normalized spacial score (nSPS) is 24.4. The summed E-state index contributed by atoms with van der Waals surface area (Å²) >= 11 is 5.95. The van der Waals surface area contributed by atoms with E-state index in [2.05, 4.69) is 37.5 Å². The molecular weight excluding hydrogens is 334 g/mol. The molecule has 5 heteroatoms. The Hall–Kier alpha value is -1.10. The zero-order valence-corrected chi connectivity index (χ0v) is 16.6. The van der Waals surface area contributed by atoms with Gasteiger partial charge in [0.15, 0.2) is 0 Å². The van der Waals surface area contributed by atoms with E-state index in [1.807, 2.05) is 17.0 Å². The maximum absolute atomic E-state index is 12.9. The molecule has 1 atom stereocenters. The van der Waals surface area contributed by atoms with E-state index in [9.17, 15) is 4.79 Å². The lowest BCUT2D eigenvalue weighted by molar-refractivity contribution is -0.0613. The van der Waals surface area contributed by atoms with Gasteiger partial charge in [-0.2, -0.15) is 0 Å². The second-order valence-corrected chi connectivity index (χ2v) is 8.94. The van der Waals surface area contributed by atoms with Crippen molar-refractivity contribution in [2.24, 2.45) is 5.92 Å². The standard InChI is InChI=1S/C20H30ClN3O/c1-15(2)11-22-12-18-13-23(9-10-24(18)20(3,4)14-22)19(25)16-5-7-17(21)8-6-16/h5-8,15,18H,9-14H2,1-4H3. The van der Waals surface area contributed by atoms with E-state index >= 15 is 0 Å². The van der Waals surface area contributed by atoms with Crippen LogP contribution in [0.3, 0.4) is 0 Å². The first-order chi connectivity index (χ1) is 11.8. The number of benzene rings is 1. The summed E-state index contributed by atoms with van der Waals surface area (Å²) in [7, 11) is 0. The van der Waals surface area contributed by atoms with Gasteiger partial charge in [-0.1, -0.05) is 25.4 Å². The molecule has 0 radical (unpaired) electrons. The Bertz CT molecular complexity index is 614. The molecule has 0 bridgehead atoms. The first-order valence-corrected chi connectivity index (χ1v) is 9.68. The minimum Gasteiger partial charge on any atom is -0.336 e. The third-order valence-electron chi connectivity index (χ3n) is 5.34. The van der Waals surface area contributed by atoms with Crippen molar-refractivity contribution in [1.82, 2.24) is 14.7 Å². The van der Waals surface area contributed by atoms with Gasteiger partial charge < -0.3 is 4.90 Å². The summed E-state index contributed by atoms with van der Waals surface area (Å²) < 4.78 is 0. The number of rotatable bonds is 3. The van der Waals surface area contributed by atoms with E-state index in [4.69, 9.17) is 11.6 Å². The van der Waals surface area contributed by atoms with E-state index in [0.717, 1.165) is 44.8 Å². The van der Waals surface area contributed by atoms with Gasteiger partial charge in [-0.15, -0.1) is 0 Å². The van der Waals surface area contributed by atoms with Crippen molar-refractivity contribution in [1.29, 1.82) is 0 Å². The Labute approximate surface area is 156 Å². The van der Waals surface area contributed by atoms with Gasteiger partial charge in [-0.05, 0) is 44.0 Å². The molecule has 0 spiro atoms. The molecule has 2 aliphatic rings. The summed E-state index contributed by atoms with van der Waals surface area (Å²) in [5.74, 6) is 0.785. The van der Waals surface area contributed by atoms with Crippen LogP contribution < -0.4 is 0 Å². The molecular formula is C20H30ClN3O. The maximum Gasteiger partial charge on any atom is 0.253 e. The van der Waals surface area contributed by atoms with E-state index in [1.54, 1.807) is 12.1 Å². The number of piperazine rings is 2. The van der Waals surface area contributed by atoms with Crippen LogP contribution in [-0.2, 0) is 0 Å². The average molecular weight is 364 g/mol. The summed E-state index contributed by atoms with van der Waals surface area (Å²) in [4.78, 5) is 20.0. The number of amides is 1. The third-order valence-corrected chi connectivity index (χ3v) is 5.59. The summed E-state index contributed by atoms with van der Waals surface area (Å²) in [5.41, 5.74) is 0.889. The summed E-state index contributed by atoms with van der Waals surface area (Å²) in [6, 6.07) is 7.64. The van der Waals surface area contributed by atoms with Crippen molar-refractivity contribution < 1.29 is 4.79 Å². The van der Waals surface area contributed by atoms with Crippen molar-refractivity contribution in [2.45, 2.75) is 39.3 Å². The predicted octanol–water partition coefficient (Wildman–Crippen LogP) is 3.22. The zero-order valence-electron chi connectivity index (χ0n) is 15.8. The molecule has 2 saturated heterocycles. The second kappa shape index (κ2) is 7.26. The Kier molecular flexibility index (Phi) is 5.42. The van der Waals surface area contributed by atoms with E-state index in [1.165, 1.54) is 0 Å². The van der Waals surface area contributed by atoms with E-state index < -0.39 is 0 Å². The molecule has 0 N–H and O–H groups in total. The first kappa shape index (κ1) is 18.7. The van der Waals surface area contributed by atoms with Crippen molar-refractivity contribution in [3.8, 4) is 0 Å². The van der Waals surface area contributed by atoms with Crippen LogP contribution >= 0.6 is 11.6 Å². The molecule has 0 saturated carbocycles. The van der Waals surface area contributed by atoms with Crippen LogP contribution in [0.2, 0.25) is 5.02 Å². The quantitative estimate of drug-likeness (QED) is 0.825.